The van der Waals surface area contributed by atoms with Gasteiger partial charge in [0.25, 0.3) is 10.0 Å². The van der Waals surface area contributed by atoms with Crippen molar-refractivity contribution in [1.29, 1.82) is 0 Å². The van der Waals surface area contributed by atoms with Crippen LogP contribution in [0.4, 0.5) is 5.69 Å². The third kappa shape index (κ3) is 5.10. The van der Waals surface area contributed by atoms with E-state index in [1.54, 1.807) is 19.1 Å². The van der Waals surface area contributed by atoms with Crippen LogP contribution < -0.4 is 9.46 Å². The molecule has 11 heteroatoms. The fourth-order valence-corrected chi connectivity index (χ4v) is 6.02. The van der Waals surface area contributed by atoms with Crippen molar-refractivity contribution < 1.29 is 26.3 Å². The summed E-state index contributed by atoms with van der Waals surface area (Å²) in [7, 11) is -7.75. The van der Waals surface area contributed by atoms with E-state index in [4.69, 9.17) is 9.47 Å². The molecule has 0 aliphatic carbocycles. The molecule has 1 saturated heterocycles. The number of halogens is 1. The highest BCUT2D eigenvalue weighted by Crippen LogP contribution is 2.30. The SMILES string of the molecule is CCOc1ccc(Br)cc1S(=O)(=O)Nc1cccc(S(=O)(=O)N2CCOCC2)c1. The summed E-state index contributed by atoms with van der Waals surface area (Å²) in [5, 5.41) is 0. The van der Waals surface area contributed by atoms with Crippen molar-refractivity contribution in [3.8, 4) is 5.75 Å². The number of nitrogens with one attached hydrogen (secondary N) is 1. The molecule has 0 bridgehead atoms. The molecule has 0 saturated carbocycles. The molecule has 8 nitrogen and oxygen atoms in total. The lowest BCUT2D eigenvalue weighted by molar-refractivity contribution is 0.0730. The molecule has 158 valence electrons. The van der Waals surface area contributed by atoms with Gasteiger partial charge in [-0.25, -0.2) is 16.8 Å². The second kappa shape index (κ2) is 9.00. The smallest absolute Gasteiger partial charge is 0.265 e. The molecule has 0 aromatic heterocycles. The largest absolute Gasteiger partial charge is 0.492 e. The molecule has 0 amide bonds. The number of morpholine rings is 1. The number of rotatable bonds is 7. The van der Waals surface area contributed by atoms with Crippen LogP contribution in [0.2, 0.25) is 0 Å². The topological polar surface area (TPSA) is 102 Å². The zero-order chi connectivity index (χ0) is 21.1. The first-order valence-corrected chi connectivity index (χ1v) is 12.6. The number of benzene rings is 2. The Morgan fingerprint density at radius 2 is 1.83 bits per heavy atom. The Balaban J connectivity index is 1.91. The molecule has 1 aliphatic rings. The second-order valence-electron chi connectivity index (χ2n) is 6.17. The summed E-state index contributed by atoms with van der Waals surface area (Å²) in [5.74, 6) is 0.209. The van der Waals surface area contributed by atoms with Crippen LogP contribution in [0.25, 0.3) is 0 Å². The summed E-state index contributed by atoms with van der Waals surface area (Å²) in [5.41, 5.74) is 0.141. The second-order valence-corrected chi connectivity index (χ2v) is 10.7. The average molecular weight is 505 g/mol. The first-order chi connectivity index (χ1) is 13.7. The van der Waals surface area contributed by atoms with Crippen molar-refractivity contribution >= 4 is 41.7 Å². The molecule has 1 fully saturated rings. The maximum atomic E-state index is 12.9. The predicted octanol–water partition coefficient (Wildman–Crippen LogP) is 2.67. The maximum Gasteiger partial charge on any atom is 0.265 e. The monoisotopic (exact) mass is 504 g/mol. The summed E-state index contributed by atoms with van der Waals surface area (Å²) >= 11 is 3.26. The highest BCUT2D eigenvalue weighted by Gasteiger charge is 2.27. The Bertz CT molecular complexity index is 1080. The van der Waals surface area contributed by atoms with Crippen LogP contribution in [0.5, 0.6) is 5.75 Å². The van der Waals surface area contributed by atoms with E-state index < -0.39 is 20.0 Å². The Labute approximate surface area is 179 Å². The van der Waals surface area contributed by atoms with Gasteiger partial charge in [0.05, 0.1) is 30.4 Å². The maximum absolute atomic E-state index is 12.9. The van der Waals surface area contributed by atoms with E-state index in [0.29, 0.717) is 24.3 Å². The minimum Gasteiger partial charge on any atom is -0.492 e. The molecule has 3 rings (SSSR count). The van der Waals surface area contributed by atoms with Crippen molar-refractivity contribution in [3.63, 3.8) is 0 Å². The first kappa shape index (κ1) is 22.0. The molecule has 0 atom stereocenters. The van der Waals surface area contributed by atoms with Crippen LogP contribution in [0.3, 0.4) is 0 Å². The van der Waals surface area contributed by atoms with E-state index in [1.807, 2.05) is 0 Å². The standard InChI is InChI=1S/C18H21BrN2O6S2/c1-2-27-17-7-6-14(19)12-18(17)28(22,23)20-15-4-3-5-16(13-15)29(24,25)21-8-10-26-11-9-21/h3-7,12-13,20H,2,8-11H2,1H3. The van der Waals surface area contributed by atoms with Gasteiger partial charge in [0, 0.05) is 17.6 Å². The Hall–Kier alpha value is -1.66. The molecule has 2 aromatic carbocycles. The summed E-state index contributed by atoms with van der Waals surface area (Å²) in [6, 6.07) is 10.4. The average Bonchev–Trinajstić information content (AvgIpc) is 2.70. The van der Waals surface area contributed by atoms with Crippen LogP contribution >= 0.6 is 15.9 Å². The Morgan fingerprint density at radius 3 is 2.52 bits per heavy atom. The summed E-state index contributed by atoms with van der Waals surface area (Å²) in [4.78, 5) is -0.0333. The number of ether oxygens (including phenoxy) is 2. The lowest BCUT2D eigenvalue weighted by atomic mass is 10.3. The van der Waals surface area contributed by atoms with Gasteiger partial charge in [-0.05, 0) is 43.3 Å². The van der Waals surface area contributed by atoms with Gasteiger partial charge in [0.1, 0.15) is 10.6 Å². The van der Waals surface area contributed by atoms with Gasteiger partial charge in [-0.2, -0.15) is 4.31 Å². The lowest BCUT2D eigenvalue weighted by Gasteiger charge is -2.26. The highest BCUT2D eigenvalue weighted by atomic mass is 79.9. The number of sulfonamides is 2. The van der Waals surface area contributed by atoms with Crippen molar-refractivity contribution in [3.05, 3.63) is 46.9 Å². The zero-order valence-electron chi connectivity index (χ0n) is 15.7. The number of hydrogen-bond donors (Lipinski definition) is 1. The Kier molecular flexibility index (Phi) is 6.84. The van der Waals surface area contributed by atoms with E-state index in [0.717, 1.165) is 0 Å². The molecule has 0 radical (unpaired) electrons. The molecule has 29 heavy (non-hydrogen) atoms. The van der Waals surface area contributed by atoms with E-state index in [-0.39, 0.29) is 34.3 Å². The lowest BCUT2D eigenvalue weighted by Crippen LogP contribution is -2.40. The van der Waals surface area contributed by atoms with Crippen LogP contribution in [-0.4, -0.2) is 54.1 Å². The number of hydrogen-bond acceptors (Lipinski definition) is 6. The van der Waals surface area contributed by atoms with Crippen LogP contribution in [-0.2, 0) is 24.8 Å². The minimum atomic E-state index is -4.01. The van der Waals surface area contributed by atoms with E-state index in [2.05, 4.69) is 20.7 Å². The minimum absolute atomic E-state index is 0.0128. The quantitative estimate of drug-likeness (QED) is 0.621. The molecule has 0 spiro atoms. The van der Waals surface area contributed by atoms with Gasteiger partial charge in [-0.15, -0.1) is 0 Å². The van der Waals surface area contributed by atoms with Gasteiger partial charge in [-0.1, -0.05) is 22.0 Å². The first-order valence-electron chi connectivity index (χ1n) is 8.87. The van der Waals surface area contributed by atoms with Gasteiger partial charge in [0.2, 0.25) is 10.0 Å². The third-order valence-electron chi connectivity index (χ3n) is 4.19. The van der Waals surface area contributed by atoms with Gasteiger partial charge in [0.15, 0.2) is 0 Å². The van der Waals surface area contributed by atoms with Crippen molar-refractivity contribution in [2.24, 2.45) is 0 Å². The molecule has 1 aliphatic heterocycles. The fourth-order valence-electron chi connectivity index (χ4n) is 2.83. The molecule has 0 unspecified atom stereocenters. The Morgan fingerprint density at radius 1 is 1.10 bits per heavy atom. The van der Waals surface area contributed by atoms with Crippen molar-refractivity contribution in [2.75, 3.05) is 37.6 Å². The summed E-state index contributed by atoms with van der Waals surface area (Å²) < 4.78 is 66.5. The summed E-state index contributed by atoms with van der Waals surface area (Å²) in [6.45, 7) is 3.23. The number of nitrogens with zero attached hydrogens (tertiary/aromatic N) is 1. The van der Waals surface area contributed by atoms with Gasteiger partial charge < -0.3 is 9.47 Å². The molecular formula is C18H21BrN2O6S2. The van der Waals surface area contributed by atoms with E-state index in [1.165, 1.54) is 34.6 Å². The predicted molar refractivity (Wildman–Crippen MR) is 112 cm³/mol. The molecule has 1 N–H and O–H groups in total. The van der Waals surface area contributed by atoms with E-state index >= 15 is 0 Å². The van der Waals surface area contributed by atoms with Crippen LogP contribution in [0.15, 0.2) is 56.7 Å². The normalized spacial score (nSPS) is 15.8. The fraction of sp³-hybridized carbons (Fsp3) is 0.333. The van der Waals surface area contributed by atoms with Crippen molar-refractivity contribution in [1.82, 2.24) is 4.31 Å². The van der Waals surface area contributed by atoms with Crippen LogP contribution in [0, 0.1) is 0 Å². The zero-order valence-corrected chi connectivity index (χ0v) is 18.9. The van der Waals surface area contributed by atoms with Gasteiger partial charge in [-0.3, -0.25) is 4.72 Å². The summed E-state index contributed by atoms with van der Waals surface area (Å²) in [6.07, 6.45) is 0. The van der Waals surface area contributed by atoms with Crippen LogP contribution in [0.1, 0.15) is 6.92 Å². The molecule has 2 aromatic rings. The van der Waals surface area contributed by atoms with Gasteiger partial charge >= 0.3 is 0 Å². The molecule has 1 heterocycles. The number of anilines is 1. The van der Waals surface area contributed by atoms with E-state index in [9.17, 15) is 16.8 Å². The molecular weight excluding hydrogens is 484 g/mol. The third-order valence-corrected chi connectivity index (χ3v) is 7.98. The highest BCUT2D eigenvalue weighted by molar-refractivity contribution is 9.10. The van der Waals surface area contributed by atoms with Crippen molar-refractivity contribution in [2.45, 2.75) is 16.7 Å².